The predicted octanol–water partition coefficient (Wildman–Crippen LogP) is 3.00. The van der Waals surface area contributed by atoms with E-state index in [2.05, 4.69) is 11.4 Å². The molecule has 1 aliphatic rings. The minimum absolute atomic E-state index is 0.118. The average molecular weight is 350 g/mol. The first-order valence-corrected chi connectivity index (χ1v) is 8.27. The molecule has 3 rings (SSSR count). The van der Waals surface area contributed by atoms with Gasteiger partial charge in [-0.3, -0.25) is 14.9 Å². The lowest BCUT2D eigenvalue weighted by Gasteiger charge is -2.20. The first-order chi connectivity index (χ1) is 12.5. The molecule has 0 aromatic heterocycles. The maximum absolute atomic E-state index is 12.1. The molecule has 1 amide bonds. The topological polar surface area (TPSA) is 99.3 Å². The minimum Gasteiger partial charge on any atom is -0.365 e. The van der Waals surface area contributed by atoms with Crippen LogP contribution in [-0.2, 0) is 6.54 Å². The molecule has 26 heavy (non-hydrogen) atoms. The Bertz CT molecular complexity index is 900. The summed E-state index contributed by atoms with van der Waals surface area (Å²) < 4.78 is 0. The van der Waals surface area contributed by atoms with Crippen molar-refractivity contribution in [2.45, 2.75) is 25.4 Å². The Morgan fingerprint density at radius 2 is 2.12 bits per heavy atom. The lowest BCUT2D eigenvalue weighted by atomic mass is 10.1. The monoisotopic (exact) mass is 350 g/mol. The van der Waals surface area contributed by atoms with Crippen LogP contribution in [0, 0.1) is 21.4 Å². The number of hydrogen-bond donors (Lipinski definition) is 1. The molecule has 0 atom stereocenters. The van der Waals surface area contributed by atoms with Crippen LogP contribution in [0.15, 0.2) is 42.5 Å². The van der Waals surface area contributed by atoms with Crippen molar-refractivity contribution in [3.8, 4) is 6.07 Å². The van der Waals surface area contributed by atoms with Crippen molar-refractivity contribution in [2.75, 3.05) is 11.9 Å². The fraction of sp³-hybridized carbons (Fsp3) is 0.263. The molecule has 1 saturated carbocycles. The standard InChI is InChI=1S/C19H18N4O3/c1-22(12-14-4-2-3-13(9-14)11-20)17-8-5-15(10-18(17)23(25)26)19(24)21-16-6-7-16/h2-5,8-10,16H,6-7,12H2,1H3,(H,21,24). The lowest BCUT2D eigenvalue weighted by molar-refractivity contribution is -0.384. The summed E-state index contributed by atoms with van der Waals surface area (Å²) in [5, 5.41) is 23.3. The van der Waals surface area contributed by atoms with Crippen LogP contribution in [0.2, 0.25) is 0 Å². The molecule has 0 bridgehead atoms. The van der Waals surface area contributed by atoms with Gasteiger partial charge in [-0.25, -0.2) is 0 Å². The van der Waals surface area contributed by atoms with E-state index < -0.39 is 4.92 Å². The van der Waals surface area contributed by atoms with E-state index in [1.54, 1.807) is 42.3 Å². The fourth-order valence-corrected chi connectivity index (χ4v) is 2.73. The molecule has 2 aromatic carbocycles. The van der Waals surface area contributed by atoms with Crippen LogP contribution in [0.4, 0.5) is 11.4 Å². The molecule has 132 valence electrons. The molecule has 1 N–H and O–H groups in total. The van der Waals surface area contributed by atoms with Gasteiger partial charge in [-0.15, -0.1) is 0 Å². The summed E-state index contributed by atoms with van der Waals surface area (Å²) in [6.45, 7) is 0.407. The van der Waals surface area contributed by atoms with Gasteiger partial charge < -0.3 is 10.2 Å². The predicted molar refractivity (Wildman–Crippen MR) is 96.8 cm³/mol. The van der Waals surface area contributed by atoms with Crippen LogP contribution in [0.5, 0.6) is 0 Å². The normalized spacial score (nSPS) is 12.9. The third kappa shape index (κ3) is 3.98. The first kappa shape index (κ1) is 17.4. The summed E-state index contributed by atoms with van der Waals surface area (Å²) in [5.74, 6) is -0.286. The van der Waals surface area contributed by atoms with Crippen molar-refractivity contribution in [1.82, 2.24) is 5.32 Å². The number of amides is 1. The molecule has 0 spiro atoms. The van der Waals surface area contributed by atoms with Gasteiger partial charge in [-0.05, 0) is 42.7 Å². The molecule has 0 unspecified atom stereocenters. The fourth-order valence-electron chi connectivity index (χ4n) is 2.73. The quantitative estimate of drug-likeness (QED) is 0.638. The SMILES string of the molecule is CN(Cc1cccc(C#N)c1)c1ccc(C(=O)NC2CC2)cc1[N+](=O)[O-]. The van der Waals surface area contributed by atoms with Crippen molar-refractivity contribution < 1.29 is 9.72 Å². The van der Waals surface area contributed by atoms with E-state index >= 15 is 0 Å². The molecule has 0 radical (unpaired) electrons. The van der Waals surface area contributed by atoms with Gasteiger partial charge >= 0.3 is 0 Å². The highest BCUT2D eigenvalue weighted by Gasteiger charge is 2.26. The van der Waals surface area contributed by atoms with E-state index in [-0.39, 0.29) is 23.2 Å². The van der Waals surface area contributed by atoms with Crippen LogP contribution < -0.4 is 10.2 Å². The van der Waals surface area contributed by atoms with Gasteiger partial charge in [0.05, 0.1) is 16.6 Å². The Hall–Kier alpha value is -3.40. The number of anilines is 1. The van der Waals surface area contributed by atoms with E-state index in [0.717, 1.165) is 18.4 Å². The zero-order valence-corrected chi connectivity index (χ0v) is 14.3. The molecule has 2 aromatic rings. The number of carbonyl (C=O) groups is 1. The largest absolute Gasteiger partial charge is 0.365 e. The first-order valence-electron chi connectivity index (χ1n) is 8.27. The third-order valence-corrected chi connectivity index (χ3v) is 4.23. The summed E-state index contributed by atoms with van der Waals surface area (Å²) in [5.41, 5.74) is 1.99. The Morgan fingerprint density at radius 1 is 1.35 bits per heavy atom. The lowest BCUT2D eigenvalue weighted by Crippen LogP contribution is -2.25. The number of nitriles is 1. The summed E-state index contributed by atoms with van der Waals surface area (Å²) >= 11 is 0. The second kappa shape index (κ2) is 7.23. The molecular weight excluding hydrogens is 332 g/mol. The Morgan fingerprint density at radius 3 is 2.77 bits per heavy atom. The molecule has 1 aliphatic carbocycles. The smallest absolute Gasteiger partial charge is 0.293 e. The van der Waals surface area contributed by atoms with E-state index in [1.165, 1.54) is 6.07 Å². The summed E-state index contributed by atoms with van der Waals surface area (Å²) in [4.78, 5) is 24.9. The number of nitro groups is 1. The molecule has 7 heteroatoms. The van der Waals surface area contributed by atoms with Crippen molar-refractivity contribution in [2.24, 2.45) is 0 Å². The molecule has 0 saturated heterocycles. The number of benzene rings is 2. The van der Waals surface area contributed by atoms with Crippen molar-refractivity contribution in [3.05, 3.63) is 69.3 Å². The van der Waals surface area contributed by atoms with Gasteiger partial charge in [0.2, 0.25) is 0 Å². The van der Waals surface area contributed by atoms with E-state index in [0.29, 0.717) is 17.8 Å². The maximum Gasteiger partial charge on any atom is 0.293 e. The van der Waals surface area contributed by atoms with Gasteiger partial charge in [-0.2, -0.15) is 5.26 Å². The van der Waals surface area contributed by atoms with E-state index in [9.17, 15) is 14.9 Å². The molecule has 1 fully saturated rings. The molecule has 0 heterocycles. The highest BCUT2D eigenvalue weighted by molar-refractivity contribution is 5.96. The summed E-state index contributed by atoms with van der Waals surface area (Å²) in [6, 6.07) is 13.9. The van der Waals surface area contributed by atoms with E-state index in [1.807, 2.05) is 6.07 Å². The zero-order valence-electron chi connectivity index (χ0n) is 14.3. The van der Waals surface area contributed by atoms with Gasteiger partial charge in [0.25, 0.3) is 11.6 Å². The maximum atomic E-state index is 12.1. The number of carbonyl (C=O) groups excluding carboxylic acids is 1. The number of rotatable bonds is 6. The van der Waals surface area contributed by atoms with Crippen LogP contribution in [0.25, 0.3) is 0 Å². The molecular formula is C19H18N4O3. The highest BCUT2D eigenvalue weighted by atomic mass is 16.6. The third-order valence-electron chi connectivity index (χ3n) is 4.23. The number of hydrogen-bond acceptors (Lipinski definition) is 5. The number of nitro benzene ring substituents is 1. The van der Waals surface area contributed by atoms with Crippen LogP contribution >= 0.6 is 0 Å². The highest BCUT2D eigenvalue weighted by Crippen LogP contribution is 2.30. The van der Waals surface area contributed by atoms with Crippen LogP contribution in [0.3, 0.4) is 0 Å². The zero-order chi connectivity index (χ0) is 18.7. The molecule has 7 nitrogen and oxygen atoms in total. The van der Waals surface area contributed by atoms with Crippen molar-refractivity contribution >= 4 is 17.3 Å². The van der Waals surface area contributed by atoms with Gasteiger partial charge in [0, 0.05) is 31.3 Å². The van der Waals surface area contributed by atoms with Crippen LogP contribution in [-0.4, -0.2) is 23.9 Å². The Kier molecular flexibility index (Phi) is 4.85. The van der Waals surface area contributed by atoms with Gasteiger partial charge in [0.1, 0.15) is 5.69 Å². The van der Waals surface area contributed by atoms with Gasteiger partial charge in [-0.1, -0.05) is 12.1 Å². The van der Waals surface area contributed by atoms with Gasteiger partial charge in [0.15, 0.2) is 0 Å². The Balaban J connectivity index is 1.84. The minimum atomic E-state index is -0.481. The van der Waals surface area contributed by atoms with Crippen molar-refractivity contribution in [3.63, 3.8) is 0 Å². The average Bonchev–Trinajstić information content (AvgIpc) is 3.45. The number of nitrogens with zero attached hydrogens (tertiary/aromatic N) is 3. The molecule has 0 aliphatic heterocycles. The van der Waals surface area contributed by atoms with Crippen LogP contribution in [0.1, 0.15) is 34.3 Å². The second-order valence-electron chi connectivity index (χ2n) is 6.38. The Labute approximate surface area is 151 Å². The van der Waals surface area contributed by atoms with Crippen molar-refractivity contribution in [1.29, 1.82) is 5.26 Å². The summed E-state index contributed by atoms with van der Waals surface area (Å²) in [7, 11) is 1.74. The second-order valence-corrected chi connectivity index (χ2v) is 6.38. The summed E-state index contributed by atoms with van der Waals surface area (Å²) in [6.07, 6.45) is 1.91. The van der Waals surface area contributed by atoms with E-state index in [4.69, 9.17) is 5.26 Å². The number of nitrogens with one attached hydrogen (secondary N) is 1.